The molecular weight excluding hydrogens is 240 g/mol. The number of para-hydroxylation sites is 1. The van der Waals surface area contributed by atoms with Crippen molar-refractivity contribution >= 4 is 12.1 Å². The van der Waals surface area contributed by atoms with E-state index in [-0.39, 0.29) is 5.91 Å². The number of carbonyl (C=O) groups excluding carboxylic acids is 1. The van der Waals surface area contributed by atoms with E-state index in [2.05, 4.69) is 17.5 Å². The first-order valence-electron chi connectivity index (χ1n) is 6.74. The summed E-state index contributed by atoms with van der Waals surface area (Å²) in [7, 11) is 1.54. The summed E-state index contributed by atoms with van der Waals surface area (Å²) in [6, 6.07) is 7.09. The van der Waals surface area contributed by atoms with Crippen molar-refractivity contribution in [3.63, 3.8) is 0 Å². The van der Waals surface area contributed by atoms with Crippen molar-refractivity contribution in [2.24, 2.45) is 5.10 Å². The molecule has 0 spiro atoms. The van der Waals surface area contributed by atoms with E-state index in [9.17, 15) is 4.79 Å². The number of methoxy groups -OCH3 is 1. The van der Waals surface area contributed by atoms with Crippen LogP contribution >= 0.6 is 0 Å². The van der Waals surface area contributed by atoms with Crippen LogP contribution in [0.5, 0.6) is 5.75 Å². The molecule has 104 valence electrons. The third-order valence-corrected chi connectivity index (χ3v) is 2.80. The second kappa shape index (κ2) is 9.14. The monoisotopic (exact) mass is 262 g/mol. The summed E-state index contributed by atoms with van der Waals surface area (Å²) < 4.78 is 5.13. The fourth-order valence-electron chi connectivity index (χ4n) is 1.72. The summed E-state index contributed by atoms with van der Waals surface area (Å²) in [6.45, 7) is 2.18. The van der Waals surface area contributed by atoms with E-state index in [0.717, 1.165) is 12.8 Å². The molecule has 4 heteroatoms. The van der Waals surface area contributed by atoms with Gasteiger partial charge in [-0.25, -0.2) is 5.43 Å². The van der Waals surface area contributed by atoms with Crippen LogP contribution in [0.1, 0.15) is 49.4 Å². The van der Waals surface area contributed by atoms with E-state index in [1.165, 1.54) is 19.3 Å². The predicted molar refractivity (Wildman–Crippen MR) is 77.7 cm³/mol. The number of hydrogen-bond acceptors (Lipinski definition) is 3. The molecule has 4 nitrogen and oxygen atoms in total. The Morgan fingerprint density at radius 3 is 2.84 bits per heavy atom. The molecule has 0 saturated carbocycles. The Kier molecular flexibility index (Phi) is 7.32. The third kappa shape index (κ3) is 5.55. The van der Waals surface area contributed by atoms with Crippen molar-refractivity contribution in [2.45, 2.75) is 39.0 Å². The highest BCUT2D eigenvalue weighted by molar-refractivity contribution is 5.96. The smallest absolute Gasteiger partial charge is 0.275 e. The SMILES string of the molecule is CCCCCCC=NNC(=O)c1ccccc1OC. The van der Waals surface area contributed by atoms with E-state index < -0.39 is 0 Å². The number of nitrogens with zero attached hydrogens (tertiary/aromatic N) is 1. The summed E-state index contributed by atoms with van der Waals surface area (Å²) in [4.78, 5) is 11.9. The average Bonchev–Trinajstić information content (AvgIpc) is 2.46. The molecule has 0 atom stereocenters. The Hall–Kier alpha value is -1.84. The van der Waals surface area contributed by atoms with Gasteiger partial charge in [-0.2, -0.15) is 5.10 Å². The van der Waals surface area contributed by atoms with Gasteiger partial charge < -0.3 is 4.74 Å². The molecule has 0 unspecified atom stereocenters. The largest absolute Gasteiger partial charge is 0.496 e. The Bertz CT molecular complexity index is 416. The fraction of sp³-hybridized carbons (Fsp3) is 0.467. The van der Waals surface area contributed by atoms with Crippen LogP contribution in [-0.2, 0) is 0 Å². The number of rotatable bonds is 8. The van der Waals surface area contributed by atoms with E-state index in [0.29, 0.717) is 11.3 Å². The van der Waals surface area contributed by atoms with Crippen LogP contribution in [-0.4, -0.2) is 19.2 Å². The Morgan fingerprint density at radius 2 is 2.11 bits per heavy atom. The Balaban J connectivity index is 2.36. The number of hydrazone groups is 1. The molecule has 1 aromatic rings. The van der Waals surface area contributed by atoms with Crippen LogP contribution in [0.25, 0.3) is 0 Å². The van der Waals surface area contributed by atoms with Crippen LogP contribution in [0.3, 0.4) is 0 Å². The predicted octanol–water partition coefficient (Wildman–Crippen LogP) is 3.38. The highest BCUT2D eigenvalue weighted by atomic mass is 16.5. The lowest BCUT2D eigenvalue weighted by Crippen LogP contribution is -2.18. The molecule has 0 saturated heterocycles. The fourth-order valence-corrected chi connectivity index (χ4v) is 1.72. The number of carbonyl (C=O) groups is 1. The zero-order valence-corrected chi connectivity index (χ0v) is 11.7. The molecule has 1 amide bonds. The van der Waals surface area contributed by atoms with Crippen molar-refractivity contribution in [2.75, 3.05) is 7.11 Å². The van der Waals surface area contributed by atoms with Gasteiger partial charge in [0.25, 0.3) is 5.91 Å². The molecule has 1 N–H and O–H groups in total. The molecule has 1 rings (SSSR count). The van der Waals surface area contributed by atoms with Gasteiger partial charge in [0.15, 0.2) is 0 Å². The first-order valence-corrected chi connectivity index (χ1v) is 6.74. The number of benzene rings is 1. The van der Waals surface area contributed by atoms with Gasteiger partial charge >= 0.3 is 0 Å². The minimum absolute atomic E-state index is 0.248. The standard InChI is InChI=1S/C15H22N2O2/c1-3-4-5-6-9-12-16-17-15(18)13-10-7-8-11-14(13)19-2/h7-8,10-12H,3-6,9H2,1-2H3,(H,17,18). The quantitative estimate of drug-likeness (QED) is 0.443. The number of unbranched alkanes of at least 4 members (excludes halogenated alkanes) is 4. The molecule has 0 aliphatic heterocycles. The zero-order chi connectivity index (χ0) is 13.9. The number of ether oxygens (including phenoxy) is 1. The molecule has 0 bridgehead atoms. The molecule has 0 radical (unpaired) electrons. The summed E-state index contributed by atoms with van der Waals surface area (Å²) in [5.41, 5.74) is 3.01. The van der Waals surface area contributed by atoms with Crippen LogP contribution < -0.4 is 10.2 Å². The summed E-state index contributed by atoms with van der Waals surface area (Å²) >= 11 is 0. The average molecular weight is 262 g/mol. The molecule has 0 aliphatic rings. The van der Waals surface area contributed by atoms with E-state index in [4.69, 9.17) is 4.74 Å². The van der Waals surface area contributed by atoms with Crippen LogP contribution in [0, 0.1) is 0 Å². The maximum absolute atomic E-state index is 11.9. The molecule has 0 fully saturated rings. The van der Waals surface area contributed by atoms with Crippen molar-refractivity contribution < 1.29 is 9.53 Å². The van der Waals surface area contributed by atoms with Crippen LogP contribution in [0.15, 0.2) is 29.4 Å². The third-order valence-electron chi connectivity index (χ3n) is 2.80. The Morgan fingerprint density at radius 1 is 1.32 bits per heavy atom. The highest BCUT2D eigenvalue weighted by Gasteiger charge is 2.09. The molecule has 0 aromatic heterocycles. The number of nitrogens with one attached hydrogen (secondary N) is 1. The van der Waals surface area contributed by atoms with Gasteiger partial charge in [-0.05, 0) is 25.0 Å². The Labute approximate surface area is 114 Å². The highest BCUT2D eigenvalue weighted by Crippen LogP contribution is 2.16. The van der Waals surface area contributed by atoms with E-state index >= 15 is 0 Å². The summed E-state index contributed by atoms with van der Waals surface area (Å²) in [6.07, 6.45) is 7.45. The lowest BCUT2D eigenvalue weighted by molar-refractivity contribution is 0.0952. The van der Waals surface area contributed by atoms with E-state index in [1.807, 2.05) is 6.07 Å². The van der Waals surface area contributed by atoms with Crippen LogP contribution in [0.4, 0.5) is 0 Å². The van der Waals surface area contributed by atoms with Crippen molar-refractivity contribution in [3.05, 3.63) is 29.8 Å². The zero-order valence-electron chi connectivity index (χ0n) is 11.7. The molecular formula is C15H22N2O2. The maximum atomic E-state index is 11.9. The molecule has 0 heterocycles. The van der Waals surface area contributed by atoms with Crippen molar-refractivity contribution in [1.82, 2.24) is 5.43 Å². The summed E-state index contributed by atoms with van der Waals surface area (Å²) in [5, 5.41) is 3.94. The van der Waals surface area contributed by atoms with Gasteiger partial charge in [-0.1, -0.05) is 38.3 Å². The number of hydrogen-bond donors (Lipinski definition) is 1. The van der Waals surface area contributed by atoms with Crippen molar-refractivity contribution in [3.8, 4) is 5.75 Å². The minimum Gasteiger partial charge on any atom is -0.496 e. The minimum atomic E-state index is -0.248. The van der Waals surface area contributed by atoms with Gasteiger partial charge in [0.05, 0.1) is 12.7 Å². The first-order chi connectivity index (χ1) is 9.29. The molecule has 1 aromatic carbocycles. The van der Waals surface area contributed by atoms with Crippen molar-refractivity contribution in [1.29, 1.82) is 0 Å². The normalized spacial score (nSPS) is 10.6. The first kappa shape index (κ1) is 15.2. The van der Waals surface area contributed by atoms with Gasteiger partial charge in [-0.15, -0.1) is 0 Å². The van der Waals surface area contributed by atoms with E-state index in [1.54, 1.807) is 31.5 Å². The second-order valence-electron chi connectivity index (χ2n) is 4.30. The van der Waals surface area contributed by atoms with Gasteiger partial charge in [-0.3, -0.25) is 4.79 Å². The number of amides is 1. The lowest BCUT2D eigenvalue weighted by Gasteiger charge is -2.05. The van der Waals surface area contributed by atoms with Crippen LogP contribution in [0.2, 0.25) is 0 Å². The van der Waals surface area contributed by atoms with Gasteiger partial charge in [0, 0.05) is 6.21 Å². The molecule has 19 heavy (non-hydrogen) atoms. The van der Waals surface area contributed by atoms with Gasteiger partial charge in [0.2, 0.25) is 0 Å². The topological polar surface area (TPSA) is 50.7 Å². The summed E-state index contributed by atoms with van der Waals surface area (Å²) in [5.74, 6) is 0.306. The molecule has 0 aliphatic carbocycles. The lowest BCUT2D eigenvalue weighted by atomic mass is 10.2. The maximum Gasteiger partial charge on any atom is 0.275 e. The second-order valence-corrected chi connectivity index (χ2v) is 4.30. The van der Waals surface area contributed by atoms with Gasteiger partial charge in [0.1, 0.15) is 5.75 Å².